The van der Waals surface area contributed by atoms with E-state index in [1.165, 1.54) is 11.3 Å². The van der Waals surface area contributed by atoms with E-state index in [9.17, 15) is 4.79 Å². The van der Waals surface area contributed by atoms with Gasteiger partial charge < -0.3 is 15.3 Å². The van der Waals surface area contributed by atoms with Crippen LogP contribution in [0.25, 0.3) is 11.0 Å². The average molecular weight is 302 g/mol. The fourth-order valence-corrected chi connectivity index (χ4v) is 3.01. The Balaban J connectivity index is 2.20. The summed E-state index contributed by atoms with van der Waals surface area (Å²) in [6.45, 7) is 6.99. The lowest BCUT2D eigenvalue weighted by atomic mass is 9.95. The van der Waals surface area contributed by atoms with Crippen molar-refractivity contribution in [1.82, 2.24) is 14.5 Å². The summed E-state index contributed by atoms with van der Waals surface area (Å²) in [6.07, 6.45) is 0. The van der Waals surface area contributed by atoms with Crippen molar-refractivity contribution in [3.05, 3.63) is 44.8 Å². The Morgan fingerprint density at radius 1 is 1.38 bits per heavy atom. The minimum Gasteiger partial charge on any atom is -0.399 e. The van der Waals surface area contributed by atoms with E-state index in [4.69, 9.17) is 10.7 Å². The predicted octanol–water partition coefficient (Wildman–Crippen LogP) is 2.71. The molecular weight excluding hydrogens is 284 g/mol. The second kappa shape index (κ2) is 4.73. The van der Waals surface area contributed by atoms with Crippen LogP contribution in [0.4, 0.5) is 5.69 Å². The third-order valence-corrected chi connectivity index (χ3v) is 4.06. The number of nitrogen functional groups attached to an aromatic ring is 1. The highest BCUT2D eigenvalue weighted by atomic mass is 32.1. The fourth-order valence-electron chi connectivity index (χ4n) is 2.44. The predicted molar refractivity (Wildman–Crippen MR) is 86.9 cm³/mol. The Morgan fingerprint density at radius 2 is 2.14 bits per heavy atom. The van der Waals surface area contributed by atoms with Crippen molar-refractivity contribution in [3.63, 3.8) is 0 Å². The molecule has 6 heteroatoms. The number of aromatic amines is 1. The van der Waals surface area contributed by atoms with E-state index < -0.39 is 0 Å². The fraction of sp³-hybridized carbons (Fsp3) is 0.333. The first-order chi connectivity index (χ1) is 9.84. The van der Waals surface area contributed by atoms with Crippen molar-refractivity contribution in [3.8, 4) is 0 Å². The first kappa shape index (κ1) is 13.9. The number of hydrogen-bond donors (Lipinski definition) is 2. The van der Waals surface area contributed by atoms with Crippen molar-refractivity contribution >= 4 is 28.1 Å². The monoisotopic (exact) mass is 302 g/mol. The Labute approximate surface area is 126 Å². The summed E-state index contributed by atoms with van der Waals surface area (Å²) in [6, 6.07) is 5.75. The normalized spacial score (nSPS) is 12.1. The van der Waals surface area contributed by atoms with Gasteiger partial charge in [-0.25, -0.2) is 4.98 Å². The number of imidazole rings is 1. The number of aromatic nitrogens is 3. The van der Waals surface area contributed by atoms with Crippen LogP contribution >= 0.6 is 11.3 Å². The van der Waals surface area contributed by atoms with E-state index in [0.29, 0.717) is 12.2 Å². The number of nitrogens with zero attached hydrogens (tertiary/aromatic N) is 2. The molecule has 0 atom stereocenters. The number of thiazole rings is 1. The molecule has 0 aliphatic carbocycles. The van der Waals surface area contributed by atoms with Crippen LogP contribution in [0.5, 0.6) is 0 Å². The minimum atomic E-state index is -0.0932. The van der Waals surface area contributed by atoms with Gasteiger partial charge in [-0.3, -0.25) is 4.79 Å². The molecule has 0 fully saturated rings. The number of nitrogens with two attached hydrogens (primary N) is 1. The molecule has 0 unspecified atom stereocenters. The Morgan fingerprint density at radius 3 is 2.76 bits per heavy atom. The Kier molecular flexibility index (Phi) is 3.13. The molecule has 3 aromatic rings. The molecule has 0 saturated heterocycles. The number of fused-ring (bicyclic) bond motifs is 1. The molecule has 0 spiro atoms. The molecule has 110 valence electrons. The van der Waals surface area contributed by atoms with E-state index in [2.05, 4.69) is 30.3 Å². The molecule has 0 amide bonds. The van der Waals surface area contributed by atoms with E-state index in [1.807, 2.05) is 23.6 Å². The third-order valence-electron chi connectivity index (χ3n) is 3.34. The average Bonchev–Trinajstić information content (AvgIpc) is 2.93. The van der Waals surface area contributed by atoms with Crippen LogP contribution < -0.4 is 10.6 Å². The van der Waals surface area contributed by atoms with E-state index in [-0.39, 0.29) is 10.3 Å². The highest BCUT2D eigenvalue weighted by Gasteiger charge is 2.23. The zero-order chi connectivity index (χ0) is 15.2. The number of H-pyrrole nitrogens is 1. The van der Waals surface area contributed by atoms with Crippen molar-refractivity contribution < 1.29 is 0 Å². The van der Waals surface area contributed by atoms with Gasteiger partial charge in [-0.2, -0.15) is 0 Å². The summed E-state index contributed by atoms with van der Waals surface area (Å²) >= 11 is 1.18. The lowest BCUT2D eigenvalue weighted by molar-refractivity contribution is 0.515. The highest BCUT2D eigenvalue weighted by Crippen LogP contribution is 2.28. The molecule has 0 aliphatic rings. The van der Waals surface area contributed by atoms with E-state index in [1.54, 1.807) is 0 Å². The van der Waals surface area contributed by atoms with Gasteiger partial charge in [0.25, 0.3) is 0 Å². The topological polar surface area (TPSA) is 76.7 Å². The van der Waals surface area contributed by atoms with Crippen LogP contribution in [-0.4, -0.2) is 14.5 Å². The molecule has 0 bridgehead atoms. The third kappa shape index (κ3) is 2.58. The van der Waals surface area contributed by atoms with Gasteiger partial charge in [0.1, 0.15) is 5.82 Å². The minimum absolute atomic E-state index is 0.0315. The zero-order valence-electron chi connectivity index (χ0n) is 12.3. The summed E-state index contributed by atoms with van der Waals surface area (Å²) in [7, 11) is 0. The van der Waals surface area contributed by atoms with Gasteiger partial charge in [0.2, 0.25) is 0 Å². The van der Waals surface area contributed by atoms with E-state index >= 15 is 0 Å². The smallest absolute Gasteiger partial charge is 0.304 e. The van der Waals surface area contributed by atoms with Crippen LogP contribution in [0.15, 0.2) is 28.4 Å². The second-order valence-electron chi connectivity index (χ2n) is 6.19. The van der Waals surface area contributed by atoms with Gasteiger partial charge in [0.15, 0.2) is 0 Å². The maximum atomic E-state index is 11.3. The number of nitrogens with one attached hydrogen (secondary N) is 1. The first-order valence-electron chi connectivity index (χ1n) is 6.77. The van der Waals surface area contributed by atoms with Crippen molar-refractivity contribution in [1.29, 1.82) is 0 Å². The van der Waals surface area contributed by atoms with Crippen LogP contribution in [-0.2, 0) is 12.0 Å². The molecule has 5 nitrogen and oxygen atoms in total. The van der Waals surface area contributed by atoms with Gasteiger partial charge in [0, 0.05) is 22.2 Å². The van der Waals surface area contributed by atoms with Gasteiger partial charge >= 0.3 is 4.87 Å². The lowest BCUT2D eigenvalue weighted by Gasteiger charge is -2.19. The first-order valence-corrected chi connectivity index (χ1v) is 7.65. The van der Waals surface area contributed by atoms with Crippen LogP contribution in [0.1, 0.15) is 32.3 Å². The maximum absolute atomic E-state index is 11.3. The summed E-state index contributed by atoms with van der Waals surface area (Å²) in [5, 5.41) is 1.86. The van der Waals surface area contributed by atoms with Gasteiger partial charge in [-0.05, 0) is 18.2 Å². The lowest BCUT2D eigenvalue weighted by Crippen LogP contribution is -2.19. The number of benzene rings is 1. The quantitative estimate of drug-likeness (QED) is 0.715. The summed E-state index contributed by atoms with van der Waals surface area (Å²) in [5.41, 5.74) is 9.28. The van der Waals surface area contributed by atoms with Gasteiger partial charge in [-0.1, -0.05) is 32.1 Å². The summed E-state index contributed by atoms with van der Waals surface area (Å²) < 4.78 is 2.15. The number of anilines is 1. The molecular formula is C15H18N4OS. The standard InChI is InChI=1S/C15H18N4OS/c1-15(2,3)13-18-11-6-9(16)4-5-12(11)19(13)7-10-8-21-14(20)17-10/h4-6,8H,7,16H2,1-3H3,(H,17,20). The van der Waals surface area contributed by atoms with Crippen LogP contribution in [0.2, 0.25) is 0 Å². The van der Waals surface area contributed by atoms with E-state index in [0.717, 1.165) is 22.6 Å². The van der Waals surface area contributed by atoms with Gasteiger partial charge in [0.05, 0.1) is 17.6 Å². The SMILES string of the molecule is CC(C)(C)c1nc2cc(N)ccc2n1Cc1csc(=O)[nH]1. The molecule has 21 heavy (non-hydrogen) atoms. The molecule has 2 heterocycles. The summed E-state index contributed by atoms with van der Waals surface area (Å²) in [4.78, 5) is 18.9. The molecule has 3 rings (SSSR count). The summed E-state index contributed by atoms with van der Waals surface area (Å²) in [5.74, 6) is 0.982. The molecule has 0 saturated carbocycles. The second-order valence-corrected chi connectivity index (χ2v) is 7.04. The molecule has 2 aromatic heterocycles. The molecule has 3 N–H and O–H groups in total. The Bertz CT molecular complexity index is 851. The molecule has 1 aromatic carbocycles. The van der Waals surface area contributed by atoms with Crippen molar-refractivity contribution in [2.24, 2.45) is 0 Å². The molecule has 0 radical (unpaired) electrons. The van der Waals surface area contributed by atoms with Crippen LogP contribution in [0, 0.1) is 0 Å². The largest absolute Gasteiger partial charge is 0.399 e. The van der Waals surface area contributed by atoms with Crippen molar-refractivity contribution in [2.75, 3.05) is 5.73 Å². The Hall–Kier alpha value is -2.08. The van der Waals surface area contributed by atoms with Crippen molar-refractivity contribution in [2.45, 2.75) is 32.7 Å². The molecule has 0 aliphatic heterocycles. The number of hydrogen-bond acceptors (Lipinski definition) is 4. The van der Waals surface area contributed by atoms with Crippen LogP contribution in [0.3, 0.4) is 0 Å². The maximum Gasteiger partial charge on any atom is 0.304 e. The zero-order valence-corrected chi connectivity index (χ0v) is 13.1. The van der Waals surface area contributed by atoms with Gasteiger partial charge in [-0.15, -0.1) is 0 Å². The number of rotatable bonds is 2. The highest BCUT2D eigenvalue weighted by molar-refractivity contribution is 7.07.